The van der Waals surface area contributed by atoms with Crippen molar-refractivity contribution in [3.63, 3.8) is 0 Å². The Morgan fingerprint density at radius 3 is 2.67 bits per heavy atom. The van der Waals surface area contributed by atoms with E-state index in [1.165, 1.54) is 17.3 Å². The molecule has 0 saturated heterocycles. The van der Waals surface area contributed by atoms with Gasteiger partial charge in [0.15, 0.2) is 0 Å². The minimum absolute atomic E-state index is 0.651. The second kappa shape index (κ2) is 8.04. The highest BCUT2D eigenvalue weighted by Crippen LogP contribution is 2.34. The summed E-state index contributed by atoms with van der Waals surface area (Å²) in [6, 6.07) is 9.53. The second-order valence-electron chi connectivity index (χ2n) is 5.21. The van der Waals surface area contributed by atoms with Crippen molar-refractivity contribution in [3.05, 3.63) is 52.1 Å². The van der Waals surface area contributed by atoms with Crippen LogP contribution in [-0.2, 0) is 6.54 Å². The number of nitrogens with one attached hydrogen (secondary N) is 1. The van der Waals surface area contributed by atoms with Crippen LogP contribution < -0.4 is 5.32 Å². The Balaban J connectivity index is 1.97. The molecule has 0 radical (unpaired) electrons. The highest BCUT2D eigenvalue weighted by atomic mass is 35.5. The Kier molecular flexibility index (Phi) is 6.37. The molecule has 0 atom stereocenters. The van der Waals surface area contributed by atoms with Gasteiger partial charge in [-0.25, -0.2) is 4.98 Å². The third-order valence-corrected chi connectivity index (χ3v) is 4.47. The number of hydrogen-bond acceptors (Lipinski definition) is 3. The largest absolute Gasteiger partial charge is 0.312 e. The summed E-state index contributed by atoms with van der Waals surface area (Å²) in [6.45, 7) is 6.24. The molecule has 2 rings (SSSR count). The molecule has 1 heterocycles. The molecule has 21 heavy (non-hydrogen) atoms. The fraction of sp³-hybridized carbons (Fsp3) is 0.312. The first-order chi connectivity index (χ1) is 10.0. The van der Waals surface area contributed by atoms with Crippen LogP contribution in [0.1, 0.15) is 19.4 Å². The minimum atomic E-state index is 0.651. The number of pyridine rings is 1. The van der Waals surface area contributed by atoms with Crippen molar-refractivity contribution in [3.8, 4) is 0 Å². The van der Waals surface area contributed by atoms with E-state index < -0.39 is 0 Å². The van der Waals surface area contributed by atoms with Gasteiger partial charge in [-0.15, -0.1) is 0 Å². The zero-order chi connectivity index (χ0) is 15.2. The van der Waals surface area contributed by atoms with Gasteiger partial charge in [0.25, 0.3) is 0 Å². The lowest BCUT2D eigenvalue weighted by molar-refractivity contribution is 0.551. The van der Waals surface area contributed by atoms with Gasteiger partial charge in [0.1, 0.15) is 5.03 Å². The zero-order valence-electron chi connectivity index (χ0n) is 12.1. The van der Waals surface area contributed by atoms with Crippen molar-refractivity contribution in [2.24, 2.45) is 5.92 Å². The molecule has 5 heteroatoms. The molecular formula is C16H18Cl2N2S. The van der Waals surface area contributed by atoms with Gasteiger partial charge in [-0.05, 0) is 42.3 Å². The molecule has 0 aliphatic heterocycles. The van der Waals surface area contributed by atoms with Crippen molar-refractivity contribution in [1.82, 2.24) is 10.3 Å². The molecule has 1 aromatic heterocycles. The van der Waals surface area contributed by atoms with Gasteiger partial charge in [-0.1, -0.05) is 54.9 Å². The molecular weight excluding hydrogens is 323 g/mol. The first-order valence-corrected chi connectivity index (χ1v) is 8.40. The Labute approximate surface area is 140 Å². The summed E-state index contributed by atoms with van der Waals surface area (Å²) in [6.07, 6.45) is 1.90. The standard InChI is InChI=1S/C16H18Cl2N2S/c1-11(2)8-19-9-12-3-6-16(20-10-12)21-15-7-13(17)4-5-14(15)18/h3-7,10-11,19H,8-9H2,1-2H3. The van der Waals surface area contributed by atoms with Gasteiger partial charge >= 0.3 is 0 Å². The van der Waals surface area contributed by atoms with Gasteiger partial charge < -0.3 is 5.32 Å². The number of nitrogens with zero attached hydrogens (tertiary/aromatic N) is 1. The maximum absolute atomic E-state index is 6.16. The zero-order valence-corrected chi connectivity index (χ0v) is 14.4. The minimum Gasteiger partial charge on any atom is -0.312 e. The van der Waals surface area contributed by atoms with Gasteiger partial charge in [-0.3, -0.25) is 0 Å². The van der Waals surface area contributed by atoms with Crippen molar-refractivity contribution >= 4 is 35.0 Å². The molecule has 2 aromatic rings. The van der Waals surface area contributed by atoms with Crippen molar-refractivity contribution in [2.45, 2.75) is 30.3 Å². The molecule has 0 fully saturated rings. The number of halogens is 2. The Bertz CT molecular complexity index is 585. The Morgan fingerprint density at radius 1 is 1.19 bits per heavy atom. The summed E-state index contributed by atoms with van der Waals surface area (Å²) in [5, 5.41) is 5.68. The van der Waals surface area contributed by atoms with Crippen LogP contribution in [0.3, 0.4) is 0 Å². The molecule has 112 valence electrons. The predicted molar refractivity (Wildman–Crippen MR) is 91.4 cm³/mol. The fourth-order valence-electron chi connectivity index (χ4n) is 1.75. The summed E-state index contributed by atoms with van der Waals surface area (Å²) in [5.74, 6) is 0.651. The molecule has 0 unspecified atom stereocenters. The summed E-state index contributed by atoms with van der Waals surface area (Å²) >= 11 is 13.7. The van der Waals surface area contributed by atoms with Crippen LogP contribution in [-0.4, -0.2) is 11.5 Å². The molecule has 0 saturated carbocycles. The Morgan fingerprint density at radius 2 is 2.00 bits per heavy atom. The van der Waals surface area contributed by atoms with Crippen LogP contribution in [0, 0.1) is 5.92 Å². The van der Waals surface area contributed by atoms with E-state index in [4.69, 9.17) is 23.2 Å². The van der Waals surface area contributed by atoms with Crippen LogP contribution in [0.25, 0.3) is 0 Å². The van der Waals surface area contributed by atoms with Gasteiger partial charge in [-0.2, -0.15) is 0 Å². The smallest absolute Gasteiger partial charge is 0.101 e. The Hall–Kier alpha value is -0.740. The van der Waals surface area contributed by atoms with E-state index in [9.17, 15) is 0 Å². The fourth-order valence-corrected chi connectivity index (χ4v) is 3.04. The average molecular weight is 341 g/mol. The molecule has 0 amide bonds. The third-order valence-electron chi connectivity index (χ3n) is 2.79. The van der Waals surface area contributed by atoms with E-state index in [1.54, 1.807) is 12.1 Å². The number of benzene rings is 1. The van der Waals surface area contributed by atoms with Crippen LogP contribution in [0.2, 0.25) is 10.0 Å². The lowest BCUT2D eigenvalue weighted by atomic mass is 10.2. The molecule has 0 aliphatic carbocycles. The van der Waals surface area contributed by atoms with E-state index in [0.29, 0.717) is 16.0 Å². The van der Waals surface area contributed by atoms with Crippen LogP contribution in [0.15, 0.2) is 46.5 Å². The quantitative estimate of drug-likeness (QED) is 0.773. The monoisotopic (exact) mass is 340 g/mol. The maximum Gasteiger partial charge on any atom is 0.101 e. The SMILES string of the molecule is CC(C)CNCc1ccc(Sc2cc(Cl)ccc2Cl)nc1. The molecule has 0 aliphatic rings. The lowest BCUT2D eigenvalue weighted by Crippen LogP contribution is -2.18. The van der Waals surface area contributed by atoms with E-state index in [-0.39, 0.29) is 0 Å². The van der Waals surface area contributed by atoms with Gasteiger partial charge in [0.2, 0.25) is 0 Å². The summed E-state index contributed by atoms with van der Waals surface area (Å²) in [5.41, 5.74) is 1.18. The average Bonchev–Trinajstić information content (AvgIpc) is 2.44. The van der Waals surface area contributed by atoms with Crippen molar-refractivity contribution in [1.29, 1.82) is 0 Å². The number of aromatic nitrogens is 1. The van der Waals surface area contributed by atoms with Crippen LogP contribution in [0.5, 0.6) is 0 Å². The summed E-state index contributed by atoms with van der Waals surface area (Å²) in [7, 11) is 0. The second-order valence-corrected chi connectivity index (χ2v) is 7.11. The topological polar surface area (TPSA) is 24.9 Å². The van der Waals surface area contributed by atoms with Crippen molar-refractivity contribution in [2.75, 3.05) is 6.54 Å². The van der Waals surface area contributed by atoms with E-state index in [2.05, 4.69) is 30.2 Å². The van der Waals surface area contributed by atoms with E-state index in [0.717, 1.165) is 23.0 Å². The lowest BCUT2D eigenvalue weighted by Gasteiger charge is -2.08. The first-order valence-electron chi connectivity index (χ1n) is 6.83. The highest BCUT2D eigenvalue weighted by molar-refractivity contribution is 7.99. The number of rotatable bonds is 6. The van der Waals surface area contributed by atoms with E-state index >= 15 is 0 Å². The normalized spacial score (nSPS) is 11.1. The van der Waals surface area contributed by atoms with Crippen LogP contribution in [0.4, 0.5) is 0 Å². The van der Waals surface area contributed by atoms with E-state index in [1.807, 2.05) is 18.3 Å². The first kappa shape index (κ1) is 16.6. The summed E-state index contributed by atoms with van der Waals surface area (Å²) in [4.78, 5) is 5.38. The van der Waals surface area contributed by atoms with Gasteiger partial charge in [0, 0.05) is 22.7 Å². The maximum atomic E-state index is 6.16. The molecule has 1 N–H and O–H groups in total. The van der Waals surface area contributed by atoms with Gasteiger partial charge in [0.05, 0.1) is 5.02 Å². The molecule has 2 nitrogen and oxygen atoms in total. The summed E-state index contributed by atoms with van der Waals surface area (Å²) < 4.78 is 0. The molecule has 0 spiro atoms. The number of hydrogen-bond donors (Lipinski definition) is 1. The van der Waals surface area contributed by atoms with Crippen LogP contribution >= 0.6 is 35.0 Å². The predicted octanol–water partition coefficient (Wildman–Crippen LogP) is 5.29. The van der Waals surface area contributed by atoms with Crippen molar-refractivity contribution < 1.29 is 0 Å². The molecule has 0 bridgehead atoms. The third kappa shape index (κ3) is 5.51. The highest BCUT2D eigenvalue weighted by Gasteiger charge is 2.05. The molecule has 1 aromatic carbocycles.